The number of carbonyl (C=O) groups is 1. The molecule has 28 heavy (non-hydrogen) atoms. The zero-order valence-corrected chi connectivity index (χ0v) is 16.4. The van der Waals surface area contributed by atoms with E-state index in [2.05, 4.69) is 20.4 Å². The highest BCUT2D eigenvalue weighted by Gasteiger charge is 2.14. The third-order valence-corrected chi connectivity index (χ3v) is 4.93. The summed E-state index contributed by atoms with van der Waals surface area (Å²) in [5.41, 5.74) is 0.791. The largest absolute Gasteiger partial charge is 0.612 e. The summed E-state index contributed by atoms with van der Waals surface area (Å²) in [6.07, 6.45) is 4.80. The van der Waals surface area contributed by atoms with E-state index in [1.165, 1.54) is 24.8 Å². The van der Waals surface area contributed by atoms with Crippen LogP contribution in [0.4, 0.5) is 0 Å². The third kappa shape index (κ3) is 4.67. The zero-order chi connectivity index (χ0) is 20.1. The van der Waals surface area contributed by atoms with Gasteiger partial charge in [0.25, 0.3) is 5.91 Å². The van der Waals surface area contributed by atoms with E-state index in [0.717, 1.165) is 0 Å². The number of nitriles is 1. The summed E-state index contributed by atoms with van der Waals surface area (Å²) < 4.78 is 13.2. The summed E-state index contributed by atoms with van der Waals surface area (Å²) in [5.74, 6) is 0.818. The van der Waals surface area contributed by atoms with Crippen LogP contribution in [0.5, 0.6) is 0 Å². The van der Waals surface area contributed by atoms with Crippen LogP contribution in [0.25, 0.3) is 5.82 Å². The van der Waals surface area contributed by atoms with Gasteiger partial charge < -0.3 is 9.87 Å². The van der Waals surface area contributed by atoms with Crippen molar-refractivity contribution in [2.75, 3.05) is 12.8 Å². The number of nitrogens with one attached hydrogen (secondary N) is 1. The highest BCUT2D eigenvalue weighted by molar-refractivity contribution is 7.90. The number of carbonyl (C=O) groups excluding carboxylic acids is 1. The summed E-state index contributed by atoms with van der Waals surface area (Å²) in [6.45, 7) is 0.310. The molecule has 0 aliphatic heterocycles. The summed E-state index contributed by atoms with van der Waals surface area (Å²) in [4.78, 5) is 21.2. The molecule has 1 N–H and O–H groups in total. The number of nitrogens with zero attached hydrogens (tertiary/aromatic N) is 5. The van der Waals surface area contributed by atoms with Gasteiger partial charge in [0, 0.05) is 41.9 Å². The quantitative estimate of drug-likeness (QED) is 0.615. The molecular weight excluding hydrogens is 400 g/mol. The van der Waals surface area contributed by atoms with Gasteiger partial charge in [-0.25, -0.2) is 9.97 Å². The highest BCUT2D eigenvalue weighted by atomic mass is 35.5. The van der Waals surface area contributed by atoms with Crippen LogP contribution in [0.2, 0.25) is 5.02 Å². The Morgan fingerprint density at radius 1 is 1.36 bits per heavy atom. The first-order valence-corrected chi connectivity index (χ1v) is 10.1. The van der Waals surface area contributed by atoms with Gasteiger partial charge in [0.2, 0.25) is 0 Å². The standard InChI is InChI=1S/C18H15ClN6O2S/c1-28(27)15-7-13(6-14(19)8-15)18(26)21-5-4-17-23-11-24-25(17)16-3-2-12(9-20)10-22-16/h2-3,6-8,10-11H,4-5H2,1H3,(H,21,26). The van der Waals surface area contributed by atoms with Gasteiger partial charge in [-0.3, -0.25) is 4.79 Å². The molecule has 3 rings (SSSR count). The second-order valence-electron chi connectivity index (χ2n) is 5.74. The zero-order valence-electron chi connectivity index (χ0n) is 14.8. The molecule has 0 spiro atoms. The second kappa shape index (κ2) is 8.84. The van der Waals surface area contributed by atoms with Crippen molar-refractivity contribution in [3.05, 3.63) is 64.8 Å². The lowest BCUT2D eigenvalue weighted by atomic mass is 10.2. The van der Waals surface area contributed by atoms with E-state index in [1.54, 1.807) is 28.9 Å². The van der Waals surface area contributed by atoms with Crippen molar-refractivity contribution in [3.8, 4) is 11.9 Å². The first-order valence-electron chi connectivity index (χ1n) is 8.15. The van der Waals surface area contributed by atoms with Crippen LogP contribution in [0.15, 0.2) is 47.8 Å². The monoisotopic (exact) mass is 414 g/mol. The molecular formula is C18H15ClN6O2S. The van der Waals surface area contributed by atoms with Gasteiger partial charge >= 0.3 is 0 Å². The van der Waals surface area contributed by atoms with E-state index in [9.17, 15) is 9.35 Å². The Morgan fingerprint density at radius 3 is 2.86 bits per heavy atom. The van der Waals surface area contributed by atoms with Crippen LogP contribution in [-0.4, -0.2) is 43.0 Å². The Bertz CT molecular complexity index is 1030. The van der Waals surface area contributed by atoms with E-state index in [-0.39, 0.29) is 5.91 Å². The maximum Gasteiger partial charge on any atom is 0.251 e. The van der Waals surface area contributed by atoms with Gasteiger partial charge in [-0.1, -0.05) is 11.6 Å². The van der Waals surface area contributed by atoms with Crippen LogP contribution in [0.1, 0.15) is 21.7 Å². The molecule has 0 aliphatic carbocycles. The van der Waals surface area contributed by atoms with Crippen molar-refractivity contribution >= 4 is 28.7 Å². The van der Waals surface area contributed by atoms with Gasteiger partial charge in [-0.2, -0.15) is 15.0 Å². The lowest BCUT2D eigenvalue weighted by molar-refractivity contribution is 0.0953. The van der Waals surface area contributed by atoms with Crippen molar-refractivity contribution in [2.24, 2.45) is 0 Å². The molecule has 0 aliphatic rings. The van der Waals surface area contributed by atoms with Gasteiger partial charge in [0.15, 0.2) is 10.7 Å². The summed E-state index contributed by atoms with van der Waals surface area (Å²) >= 11 is 4.76. The van der Waals surface area contributed by atoms with Crippen LogP contribution >= 0.6 is 11.6 Å². The summed E-state index contributed by atoms with van der Waals surface area (Å²) in [7, 11) is 0. The van der Waals surface area contributed by atoms with Crippen LogP contribution in [0, 0.1) is 11.3 Å². The molecule has 0 bridgehead atoms. The number of benzene rings is 1. The SMILES string of the molecule is C[S+]([O-])c1cc(Cl)cc(C(=O)NCCc2ncnn2-c2ccc(C#N)cn2)c1. The lowest BCUT2D eigenvalue weighted by Gasteiger charge is -2.09. The molecule has 3 aromatic rings. The normalized spacial score (nSPS) is 11.6. The smallest absolute Gasteiger partial charge is 0.251 e. The molecule has 0 fully saturated rings. The molecule has 142 valence electrons. The molecule has 0 saturated carbocycles. The van der Waals surface area contributed by atoms with Crippen molar-refractivity contribution in [1.82, 2.24) is 25.1 Å². The molecule has 1 atom stereocenters. The first kappa shape index (κ1) is 19.8. The topological polar surface area (TPSA) is 120 Å². The second-order valence-corrected chi connectivity index (χ2v) is 7.56. The number of halogens is 1. The van der Waals surface area contributed by atoms with Crippen LogP contribution < -0.4 is 5.32 Å². The Kier molecular flexibility index (Phi) is 6.26. The molecule has 2 heterocycles. The average Bonchev–Trinajstić information content (AvgIpc) is 3.16. The first-order chi connectivity index (χ1) is 13.5. The average molecular weight is 415 g/mol. The van der Waals surface area contributed by atoms with E-state index >= 15 is 0 Å². The minimum Gasteiger partial charge on any atom is -0.612 e. The van der Waals surface area contributed by atoms with E-state index in [1.807, 2.05) is 6.07 Å². The van der Waals surface area contributed by atoms with Crippen LogP contribution in [0.3, 0.4) is 0 Å². The molecule has 8 nitrogen and oxygen atoms in total. The van der Waals surface area contributed by atoms with Gasteiger partial charge in [0.05, 0.1) is 5.56 Å². The fourth-order valence-electron chi connectivity index (χ4n) is 2.45. The molecule has 0 saturated heterocycles. The number of pyridine rings is 1. The van der Waals surface area contributed by atoms with Gasteiger partial charge in [-0.15, -0.1) is 0 Å². The molecule has 1 amide bonds. The van der Waals surface area contributed by atoms with Crippen molar-refractivity contribution in [2.45, 2.75) is 11.3 Å². The number of hydrogen-bond donors (Lipinski definition) is 1. The molecule has 2 aromatic heterocycles. The Hall–Kier alpha value is -2.93. The molecule has 1 unspecified atom stereocenters. The predicted molar refractivity (Wildman–Crippen MR) is 104 cm³/mol. The number of rotatable bonds is 6. The third-order valence-electron chi connectivity index (χ3n) is 3.81. The van der Waals surface area contributed by atoms with Gasteiger partial charge in [-0.05, 0) is 29.4 Å². The maximum absolute atomic E-state index is 12.4. The fourth-order valence-corrected chi connectivity index (χ4v) is 3.34. The number of amides is 1. The van der Waals surface area contributed by atoms with Crippen molar-refractivity contribution in [1.29, 1.82) is 5.26 Å². The highest BCUT2D eigenvalue weighted by Crippen LogP contribution is 2.19. The molecule has 0 radical (unpaired) electrons. The lowest BCUT2D eigenvalue weighted by Crippen LogP contribution is -2.26. The van der Waals surface area contributed by atoms with Crippen molar-refractivity contribution < 1.29 is 9.35 Å². The summed E-state index contributed by atoms with van der Waals surface area (Å²) in [6, 6.07) is 9.98. The van der Waals surface area contributed by atoms with Crippen molar-refractivity contribution in [3.63, 3.8) is 0 Å². The van der Waals surface area contributed by atoms with Crippen LogP contribution in [-0.2, 0) is 17.6 Å². The Labute approximate surface area is 169 Å². The molecule has 10 heteroatoms. The predicted octanol–water partition coefficient (Wildman–Crippen LogP) is 1.90. The Morgan fingerprint density at radius 2 is 2.18 bits per heavy atom. The minimum atomic E-state index is -1.24. The maximum atomic E-state index is 12.4. The van der Waals surface area contributed by atoms with Gasteiger partial charge in [0.1, 0.15) is 24.5 Å². The minimum absolute atomic E-state index is 0.310. The van der Waals surface area contributed by atoms with E-state index in [0.29, 0.717) is 45.7 Å². The Balaban J connectivity index is 1.65. The fraction of sp³-hybridized carbons (Fsp3) is 0.167. The molecule has 1 aromatic carbocycles. The number of hydrogen-bond acceptors (Lipinski definition) is 6. The van der Waals surface area contributed by atoms with E-state index < -0.39 is 11.2 Å². The summed E-state index contributed by atoms with van der Waals surface area (Å²) in [5, 5.41) is 16.1. The van der Waals surface area contributed by atoms with E-state index in [4.69, 9.17) is 16.9 Å². The number of aromatic nitrogens is 4.